The van der Waals surface area contributed by atoms with E-state index in [0.29, 0.717) is 10.9 Å². The Bertz CT molecular complexity index is 561. The van der Waals surface area contributed by atoms with Gasteiger partial charge in [0.25, 0.3) is 0 Å². The molecule has 0 fully saturated rings. The van der Waals surface area contributed by atoms with Crippen LogP contribution < -0.4 is 0 Å². The molecule has 3 nitrogen and oxygen atoms in total. The molecule has 0 bridgehead atoms. The lowest BCUT2D eigenvalue weighted by molar-refractivity contribution is 0.293. The Labute approximate surface area is 130 Å². The second-order valence-electron chi connectivity index (χ2n) is 4.80. The molecule has 0 unspecified atom stereocenters. The van der Waals surface area contributed by atoms with Crippen LogP contribution in [-0.4, -0.2) is 34.1 Å². The van der Waals surface area contributed by atoms with E-state index in [9.17, 15) is 0 Å². The van der Waals surface area contributed by atoms with Crippen molar-refractivity contribution < 1.29 is 0 Å². The molecule has 20 heavy (non-hydrogen) atoms. The monoisotopic (exact) mass is 313 g/mol. The molecule has 0 aliphatic heterocycles. The third kappa shape index (κ3) is 3.27. The number of benzene rings is 1. The average Bonchev–Trinajstić information content (AvgIpc) is 2.83. The van der Waals surface area contributed by atoms with Crippen molar-refractivity contribution in [2.45, 2.75) is 32.7 Å². The van der Waals surface area contributed by atoms with Crippen molar-refractivity contribution in [1.29, 1.82) is 0 Å². The quantitative estimate of drug-likeness (QED) is 0.716. The molecule has 1 aromatic carbocycles. The summed E-state index contributed by atoms with van der Waals surface area (Å²) < 4.78 is 2.19. The first-order valence-electron chi connectivity index (χ1n) is 7.13. The van der Waals surface area contributed by atoms with Crippen LogP contribution in [0.5, 0.6) is 0 Å². The van der Waals surface area contributed by atoms with Crippen molar-refractivity contribution in [1.82, 2.24) is 14.5 Å². The van der Waals surface area contributed by atoms with E-state index >= 15 is 0 Å². The predicted octanol–water partition coefficient (Wildman–Crippen LogP) is 4.16. The molecule has 110 valence electrons. The van der Waals surface area contributed by atoms with Crippen LogP contribution in [0.4, 0.5) is 0 Å². The van der Waals surface area contributed by atoms with Crippen LogP contribution in [0.3, 0.4) is 0 Å². The zero-order valence-corrected chi connectivity index (χ0v) is 13.6. The molecule has 1 aromatic heterocycles. The van der Waals surface area contributed by atoms with Crippen molar-refractivity contribution in [2.75, 3.05) is 19.6 Å². The van der Waals surface area contributed by atoms with E-state index in [2.05, 4.69) is 34.4 Å². The third-order valence-corrected chi connectivity index (χ3v) is 4.22. The summed E-state index contributed by atoms with van der Waals surface area (Å²) in [5, 5.41) is 0.691. The standard InChI is InChI=1S/C15H21Cl2N3/c1-3-19(4-2)9-6-10-20-13-8-5-7-12(17)15(13)18-14(20)11-16/h5,7-8H,3-4,6,9-11H2,1-2H3. The van der Waals surface area contributed by atoms with Gasteiger partial charge in [-0.2, -0.15) is 0 Å². The second-order valence-corrected chi connectivity index (χ2v) is 5.48. The molecule has 2 aromatic rings. The first-order chi connectivity index (χ1) is 9.71. The summed E-state index contributed by atoms with van der Waals surface area (Å²) in [6, 6.07) is 5.89. The summed E-state index contributed by atoms with van der Waals surface area (Å²) in [6.45, 7) is 8.59. The largest absolute Gasteiger partial charge is 0.327 e. The Kier molecular flexibility index (Phi) is 5.70. The number of halogens is 2. The number of para-hydroxylation sites is 1. The highest BCUT2D eigenvalue weighted by molar-refractivity contribution is 6.34. The molecule has 0 N–H and O–H groups in total. The Hall–Kier alpha value is -0.770. The topological polar surface area (TPSA) is 21.1 Å². The van der Waals surface area contributed by atoms with Crippen LogP contribution in [-0.2, 0) is 12.4 Å². The zero-order chi connectivity index (χ0) is 14.5. The zero-order valence-electron chi connectivity index (χ0n) is 12.1. The number of aryl methyl sites for hydroxylation is 1. The van der Waals surface area contributed by atoms with Gasteiger partial charge in [0, 0.05) is 6.54 Å². The van der Waals surface area contributed by atoms with Crippen LogP contribution in [0.25, 0.3) is 11.0 Å². The molecule has 0 saturated carbocycles. The minimum Gasteiger partial charge on any atom is -0.327 e. The number of aromatic nitrogens is 2. The highest BCUT2D eigenvalue weighted by atomic mass is 35.5. The normalized spacial score (nSPS) is 11.7. The molecule has 0 amide bonds. The first-order valence-corrected chi connectivity index (χ1v) is 8.04. The molecule has 0 spiro atoms. The number of fused-ring (bicyclic) bond motifs is 1. The van der Waals surface area contributed by atoms with Gasteiger partial charge in [-0.15, -0.1) is 11.6 Å². The number of imidazole rings is 1. The molecule has 0 radical (unpaired) electrons. The maximum absolute atomic E-state index is 6.20. The van der Waals surface area contributed by atoms with Crippen molar-refractivity contribution in [2.24, 2.45) is 0 Å². The smallest absolute Gasteiger partial charge is 0.124 e. The Morgan fingerprint density at radius 1 is 1.25 bits per heavy atom. The van der Waals surface area contributed by atoms with E-state index in [1.165, 1.54) is 0 Å². The summed E-state index contributed by atoms with van der Waals surface area (Å²) in [7, 11) is 0. The van der Waals surface area contributed by atoms with Gasteiger partial charge in [0.2, 0.25) is 0 Å². The van der Waals surface area contributed by atoms with Gasteiger partial charge >= 0.3 is 0 Å². The fourth-order valence-electron chi connectivity index (χ4n) is 2.50. The number of hydrogen-bond donors (Lipinski definition) is 0. The van der Waals surface area contributed by atoms with E-state index in [-0.39, 0.29) is 0 Å². The van der Waals surface area contributed by atoms with Crippen LogP contribution in [0.1, 0.15) is 26.1 Å². The van der Waals surface area contributed by atoms with E-state index in [4.69, 9.17) is 23.2 Å². The molecule has 0 saturated heterocycles. The highest BCUT2D eigenvalue weighted by Crippen LogP contribution is 2.24. The maximum Gasteiger partial charge on any atom is 0.124 e. The SMILES string of the molecule is CCN(CC)CCCn1c(CCl)nc2c(Cl)cccc21. The van der Waals surface area contributed by atoms with Gasteiger partial charge in [-0.1, -0.05) is 31.5 Å². The average molecular weight is 314 g/mol. The van der Waals surface area contributed by atoms with Crippen LogP contribution in [0.15, 0.2) is 18.2 Å². The molecule has 1 heterocycles. The van der Waals surface area contributed by atoms with Gasteiger partial charge < -0.3 is 9.47 Å². The number of hydrogen-bond acceptors (Lipinski definition) is 2. The third-order valence-electron chi connectivity index (χ3n) is 3.68. The summed E-state index contributed by atoms with van der Waals surface area (Å²) >= 11 is 12.2. The van der Waals surface area contributed by atoms with Gasteiger partial charge in [0.1, 0.15) is 11.3 Å². The van der Waals surface area contributed by atoms with E-state index < -0.39 is 0 Å². The number of alkyl halides is 1. The Balaban J connectivity index is 2.18. The summed E-state index contributed by atoms with van der Waals surface area (Å²) in [4.78, 5) is 6.98. The van der Waals surface area contributed by atoms with Crippen molar-refractivity contribution in [3.8, 4) is 0 Å². The van der Waals surface area contributed by atoms with Crippen molar-refractivity contribution in [3.63, 3.8) is 0 Å². The Morgan fingerprint density at radius 3 is 2.65 bits per heavy atom. The van der Waals surface area contributed by atoms with Crippen molar-refractivity contribution >= 4 is 34.2 Å². The number of nitrogens with zero attached hydrogens (tertiary/aromatic N) is 3. The van der Waals surface area contributed by atoms with Gasteiger partial charge in [0.15, 0.2) is 0 Å². The van der Waals surface area contributed by atoms with E-state index in [1.807, 2.05) is 12.1 Å². The van der Waals surface area contributed by atoms with Crippen molar-refractivity contribution in [3.05, 3.63) is 29.0 Å². The molecular weight excluding hydrogens is 293 g/mol. The fourth-order valence-corrected chi connectivity index (χ4v) is 2.92. The lowest BCUT2D eigenvalue weighted by Gasteiger charge is -2.18. The minimum absolute atomic E-state index is 0.413. The predicted molar refractivity (Wildman–Crippen MR) is 86.7 cm³/mol. The molecule has 5 heteroatoms. The van der Waals surface area contributed by atoms with E-state index in [1.54, 1.807) is 0 Å². The summed E-state index contributed by atoms with van der Waals surface area (Å²) in [5.41, 5.74) is 1.93. The summed E-state index contributed by atoms with van der Waals surface area (Å²) in [5.74, 6) is 1.31. The minimum atomic E-state index is 0.413. The Morgan fingerprint density at radius 2 is 2.00 bits per heavy atom. The van der Waals surface area contributed by atoms with E-state index in [0.717, 1.165) is 49.5 Å². The van der Waals surface area contributed by atoms with Gasteiger partial charge in [-0.05, 0) is 38.2 Å². The van der Waals surface area contributed by atoms with Crippen LogP contribution in [0, 0.1) is 0 Å². The lowest BCUT2D eigenvalue weighted by Crippen LogP contribution is -2.25. The molecule has 0 atom stereocenters. The fraction of sp³-hybridized carbons (Fsp3) is 0.533. The molecular formula is C15H21Cl2N3. The maximum atomic E-state index is 6.20. The molecule has 0 aliphatic rings. The van der Waals surface area contributed by atoms with Crippen LogP contribution >= 0.6 is 23.2 Å². The molecule has 2 rings (SSSR count). The molecule has 0 aliphatic carbocycles. The number of rotatable bonds is 7. The van der Waals surface area contributed by atoms with Gasteiger partial charge in [-0.3, -0.25) is 0 Å². The first kappa shape index (κ1) is 15.6. The van der Waals surface area contributed by atoms with Crippen LogP contribution in [0.2, 0.25) is 5.02 Å². The second kappa shape index (κ2) is 7.30. The van der Waals surface area contributed by atoms with Gasteiger partial charge in [0.05, 0.1) is 16.4 Å². The highest BCUT2D eigenvalue weighted by Gasteiger charge is 2.12. The lowest BCUT2D eigenvalue weighted by atomic mass is 10.3. The van der Waals surface area contributed by atoms with Gasteiger partial charge in [-0.25, -0.2) is 4.98 Å². The summed E-state index contributed by atoms with van der Waals surface area (Å²) in [6.07, 6.45) is 1.09.